The molecule has 11 rings (SSSR count). The van der Waals surface area contributed by atoms with Crippen LogP contribution in [-0.4, -0.2) is 54.2 Å². The number of phenolic OH excluding ortho intramolecular Hbond substituents is 2. The molecule has 1 heterocycles. The van der Waals surface area contributed by atoms with E-state index in [4.69, 9.17) is 52.8 Å². The number of phenols is 2. The van der Waals surface area contributed by atoms with Crippen molar-refractivity contribution in [3.8, 4) is 40.2 Å². The summed E-state index contributed by atoms with van der Waals surface area (Å²) in [6.07, 6.45) is 23.1. The number of benzene rings is 8. The number of para-hydroxylation sites is 1. The molecule has 2 saturated carbocycles. The molecule has 0 spiro atoms. The Morgan fingerprint density at radius 1 is 0.333 bits per heavy atom. The van der Waals surface area contributed by atoms with E-state index in [0.717, 1.165) is 103 Å². The largest absolute Gasteiger partial charge is 0.508 e. The minimum Gasteiger partial charge on any atom is -0.508 e. The van der Waals surface area contributed by atoms with Gasteiger partial charge < -0.3 is 52.8 Å². The Hall–Kier alpha value is -7.80. The molecule has 0 bridgehead atoms. The standard InChI is InChI=1S/C29H48O2.C21H26O3.C20H26O2.C19H32O2.2C10H14O/c1-6-23(4)24-17-19-27(20-18-24)31-28(30-22(2)3)21-29(5,25-13-9-7-10-14-25)26-15-11-8-12-16-26;1-4-15(2)17-9-11-18(12-10-17)23-16(3)24-21-13-14-22-20-8-6-5-7-19(20)21;1-5-15(2)18-11-13-20(14-12-18)22-17(4)21-16(3)19-9-7-6-8-10-19;1-8-15(4)16-9-11-17(12-10-16)21-18(20-14(2)3)13-19(5,6)7;2*1-3-8(2)9-4-6-10(11)7-5-9/h17-20,22-23,25-26,28H,6-16,21H2,1-5H3;5-12,15-16,21H,4,13-14H2,1-3H3;6-17H,5H2,1-4H3;9-12,14-15,18H,8,13H2,1-7H3;2*4-8,11H,3H2,1-2H3. The summed E-state index contributed by atoms with van der Waals surface area (Å²) in [5.41, 5.74) is 10.8. The second-order valence-corrected chi connectivity index (χ2v) is 36.3. The van der Waals surface area contributed by atoms with Crippen LogP contribution in [0, 0.1) is 22.7 Å². The highest BCUT2D eigenvalue weighted by Crippen LogP contribution is 2.52. The molecule has 1 aliphatic heterocycles. The van der Waals surface area contributed by atoms with Gasteiger partial charge in [-0.05, 0) is 289 Å². The summed E-state index contributed by atoms with van der Waals surface area (Å²) in [5, 5.41) is 18.0. The monoisotopic (exact) mass is 1650 g/mol. The Bertz CT molecular complexity index is 3880. The average molecular weight is 1650 g/mol. The number of hydrogen-bond acceptors (Lipinski definition) is 11. The molecule has 0 radical (unpaired) electrons. The van der Waals surface area contributed by atoms with Crippen molar-refractivity contribution in [1.82, 2.24) is 0 Å². The van der Waals surface area contributed by atoms with Crippen LogP contribution in [0.4, 0.5) is 0 Å². The second kappa shape index (κ2) is 53.3. The van der Waals surface area contributed by atoms with E-state index in [-0.39, 0.29) is 55.0 Å². The van der Waals surface area contributed by atoms with Crippen LogP contribution >= 0.6 is 0 Å². The summed E-state index contributed by atoms with van der Waals surface area (Å²) in [5.74, 6) is 10.3. The smallest absolute Gasteiger partial charge is 0.200 e. The molecule has 2 fully saturated rings. The maximum atomic E-state index is 9.01. The minimum absolute atomic E-state index is 0.00980. The first-order valence-corrected chi connectivity index (χ1v) is 46.4. The molecule has 2 N–H and O–H groups in total. The number of hydrogen-bond donors (Lipinski definition) is 2. The Kier molecular flexibility index (Phi) is 44.8. The molecule has 12 unspecified atom stereocenters. The van der Waals surface area contributed by atoms with Crippen LogP contribution in [0.2, 0.25) is 0 Å². The number of ether oxygens (including phenoxy) is 9. The van der Waals surface area contributed by atoms with Crippen molar-refractivity contribution in [1.29, 1.82) is 0 Å². The minimum atomic E-state index is -0.310. The molecule has 8 aromatic carbocycles. The maximum absolute atomic E-state index is 9.01. The third-order valence-electron chi connectivity index (χ3n) is 24.8. The van der Waals surface area contributed by atoms with Crippen molar-refractivity contribution in [3.63, 3.8) is 0 Å². The third kappa shape index (κ3) is 35.9. The predicted molar refractivity (Wildman–Crippen MR) is 502 cm³/mol. The van der Waals surface area contributed by atoms with Crippen LogP contribution in [0.25, 0.3) is 0 Å². The van der Waals surface area contributed by atoms with Crippen molar-refractivity contribution < 1.29 is 52.8 Å². The molecule has 11 heteroatoms. The lowest BCUT2D eigenvalue weighted by molar-refractivity contribution is -0.146. The number of rotatable bonds is 34. The van der Waals surface area contributed by atoms with Crippen molar-refractivity contribution in [2.75, 3.05) is 6.61 Å². The SMILES string of the molecule is CCC(C)c1ccc(O)cc1.CCC(C)c1ccc(O)cc1.CCC(C)c1ccc(OC(C)OC(C)c2ccccc2)cc1.CCC(C)c1ccc(OC(C)OC2CCOc3ccccc32)cc1.CCC(C)c1ccc(OC(CC(C)(C)C)OC(C)C)cc1.CCC(C)c1ccc(OC(CC(C)(C2CCCCC2)C2CCCCC2)OC(C)C)cc1. The van der Waals surface area contributed by atoms with E-state index >= 15 is 0 Å². The van der Waals surface area contributed by atoms with Crippen LogP contribution in [0.5, 0.6) is 40.2 Å². The zero-order chi connectivity index (χ0) is 87.7. The molecular formula is C109H160O11. The van der Waals surface area contributed by atoms with Crippen molar-refractivity contribution >= 4 is 0 Å². The molecule has 2 aliphatic carbocycles. The van der Waals surface area contributed by atoms with Gasteiger partial charge in [0, 0.05) is 24.8 Å². The van der Waals surface area contributed by atoms with Gasteiger partial charge in [-0.15, -0.1) is 0 Å². The lowest BCUT2D eigenvalue weighted by Gasteiger charge is -2.48. The van der Waals surface area contributed by atoms with Gasteiger partial charge in [-0.1, -0.05) is 271 Å². The van der Waals surface area contributed by atoms with Crippen LogP contribution in [0.15, 0.2) is 200 Å². The maximum Gasteiger partial charge on any atom is 0.200 e. The van der Waals surface area contributed by atoms with Gasteiger partial charge in [-0.2, -0.15) is 0 Å². The fourth-order valence-corrected chi connectivity index (χ4v) is 15.9. The van der Waals surface area contributed by atoms with Crippen LogP contribution in [-0.2, 0) is 18.9 Å². The first-order valence-electron chi connectivity index (χ1n) is 46.4. The van der Waals surface area contributed by atoms with E-state index < -0.39 is 0 Å². The molecule has 12 atom stereocenters. The third-order valence-corrected chi connectivity index (χ3v) is 24.8. The molecule has 0 amide bonds. The summed E-state index contributed by atoms with van der Waals surface area (Å²) in [6.45, 7) is 50.8. The van der Waals surface area contributed by atoms with Gasteiger partial charge in [0.15, 0.2) is 12.6 Å². The van der Waals surface area contributed by atoms with E-state index in [0.29, 0.717) is 59.0 Å². The van der Waals surface area contributed by atoms with Crippen LogP contribution in [0.1, 0.15) is 373 Å². The zero-order valence-corrected chi connectivity index (χ0v) is 78.5. The molecular weight excluding hydrogens is 1490 g/mol. The van der Waals surface area contributed by atoms with Gasteiger partial charge >= 0.3 is 0 Å². The Balaban J connectivity index is 0.000000230. The highest BCUT2D eigenvalue weighted by atomic mass is 16.7. The van der Waals surface area contributed by atoms with Gasteiger partial charge in [0.2, 0.25) is 12.6 Å². The van der Waals surface area contributed by atoms with Crippen molar-refractivity contribution in [2.24, 2.45) is 22.7 Å². The second-order valence-electron chi connectivity index (χ2n) is 36.3. The first-order chi connectivity index (χ1) is 57.4. The summed E-state index contributed by atoms with van der Waals surface area (Å²) in [6, 6.07) is 66.9. The Labute approximate surface area is 729 Å². The number of aromatic hydroxyl groups is 2. The Morgan fingerprint density at radius 2 is 0.650 bits per heavy atom. The molecule has 3 aliphatic rings. The Morgan fingerprint density at radius 3 is 0.992 bits per heavy atom. The van der Waals surface area contributed by atoms with Crippen molar-refractivity contribution in [3.05, 3.63) is 245 Å². The van der Waals surface area contributed by atoms with E-state index in [9.17, 15) is 0 Å². The zero-order valence-electron chi connectivity index (χ0n) is 78.5. The van der Waals surface area contributed by atoms with E-state index in [1.807, 2.05) is 120 Å². The first kappa shape index (κ1) is 101. The van der Waals surface area contributed by atoms with Gasteiger partial charge in [-0.3, -0.25) is 0 Å². The van der Waals surface area contributed by atoms with Gasteiger partial charge in [0.1, 0.15) is 40.2 Å². The average Bonchev–Trinajstić information content (AvgIpc) is 0.790. The number of fused-ring (bicyclic) bond motifs is 1. The summed E-state index contributed by atoms with van der Waals surface area (Å²) in [4.78, 5) is 0. The topological polar surface area (TPSA) is 124 Å². The summed E-state index contributed by atoms with van der Waals surface area (Å²) < 4.78 is 54.4. The summed E-state index contributed by atoms with van der Waals surface area (Å²) in [7, 11) is 0. The van der Waals surface area contributed by atoms with Crippen molar-refractivity contribution in [2.45, 2.75) is 366 Å². The highest BCUT2D eigenvalue weighted by Gasteiger charge is 2.44. The molecule has 120 heavy (non-hydrogen) atoms. The molecule has 11 nitrogen and oxygen atoms in total. The predicted octanol–water partition coefficient (Wildman–Crippen LogP) is 31.6. The molecule has 0 saturated heterocycles. The quantitative estimate of drug-likeness (QED) is 0.0375. The van der Waals surface area contributed by atoms with E-state index in [2.05, 4.69) is 216 Å². The van der Waals surface area contributed by atoms with Gasteiger partial charge in [-0.25, -0.2) is 0 Å². The highest BCUT2D eigenvalue weighted by molar-refractivity contribution is 5.38. The fourth-order valence-electron chi connectivity index (χ4n) is 15.9. The molecule has 0 aromatic heterocycles. The summed E-state index contributed by atoms with van der Waals surface area (Å²) >= 11 is 0. The van der Waals surface area contributed by atoms with E-state index in [1.165, 1.54) is 104 Å². The lowest BCUT2D eigenvalue weighted by Crippen LogP contribution is -2.42. The normalized spacial score (nSPS) is 17.1. The van der Waals surface area contributed by atoms with Crippen LogP contribution < -0.4 is 23.7 Å². The fraction of sp³-hybridized carbons (Fsp3) is 0.560. The lowest BCUT2D eigenvalue weighted by atomic mass is 9.58. The van der Waals surface area contributed by atoms with E-state index in [1.54, 1.807) is 24.3 Å². The molecule has 8 aromatic rings. The van der Waals surface area contributed by atoms with Crippen LogP contribution in [0.3, 0.4) is 0 Å². The van der Waals surface area contributed by atoms with Gasteiger partial charge in [0.25, 0.3) is 0 Å². The van der Waals surface area contributed by atoms with Gasteiger partial charge in [0.05, 0.1) is 31.0 Å². The molecule has 662 valence electrons.